The van der Waals surface area contributed by atoms with E-state index in [2.05, 4.69) is 15.4 Å². The van der Waals surface area contributed by atoms with Crippen LogP contribution < -0.4 is 15.4 Å². The molecule has 36 heavy (non-hydrogen) atoms. The van der Waals surface area contributed by atoms with Crippen molar-refractivity contribution in [1.29, 1.82) is 0 Å². The second-order valence-corrected chi connectivity index (χ2v) is 9.96. The molecule has 4 aromatic rings. The minimum absolute atomic E-state index is 0.140. The van der Waals surface area contributed by atoms with Crippen molar-refractivity contribution in [3.8, 4) is 0 Å². The Bertz CT molecular complexity index is 1470. The number of nitrogens with one attached hydrogen (secondary N) is 3. The highest BCUT2D eigenvalue weighted by Gasteiger charge is 2.24. The number of hydrogen-bond donors (Lipinski definition) is 3. The summed E-state index contributed by atoms with van der Waals surface area (Å²) in [5, 5.41) is 6.78. The maximum absolute atomic E-state index is 13.5. The average Bonchev–Trinajstić information content (AvgIpc) is 2.91. The van der Waals surface area contributed by atoms with Crippen LogP contribution in [-0.2, 0) is 14.8 Å². The molecule has 7 nitrogen and oxygen atoms in total. The molecule has 0 bridgehead atoms. The minimum Gasteiger partial charge on any atom is -0.336 e. The average molecular weight is 502 g/mol. The van der Waals surface area contributed by atoms with Gasteiger partial charge in [0.05, 0.1) is 4.90 Å². The van der Waals surface area contributed by atoms with E-state index in [1.54, 1.807) is 84.9 Å². The summed E-state index contributed by atoms with van der Waals surface area (Å²) in [5.41, 5.74) is 1.50. The fourth-order valence-electron chi connectivity index (χ4n) is 3.89. The normalized spacial score (nSPS) is 12.1. The van der Waals surface area contributed by atoms with Gasteiger partial charge in [0.1, 0.15) is 6.04 Å². The molecular weight excluding hydrogens is 474 g/mol. The number of amides is 2. The van der Waals surface area contributed by atoms with Gasteiger partial charge in [0.2, 0.25) is 10.0 Å². The van der Waals surface area contributed by atoms with Gasteiger partial charge in [-0.1, -0.05) is 79.7 Å². The molecule has 0 saturated heterocycles. The van der Waals surface area contributed by atoms with Crippen LogP contribution in [0.4, 0.5) is 5.69 Å². The molecule has 3 N–H and O–H groups in total. The predicted octanol–water partition coefficient (Wildman–Crippen LogP) is 4.64. The third kappa shape index (κ3) is 5.62. The van der Waals surface area contributed by atoms with Crippen LogP contribution in [0, 0.1) is 0 Å². The number of carbonyl (C=O) groups excluding carboxylic acids is 2. The summed E-state index contributed by atoms with van der Waals surface area (Å²) >= 11 is 0. The van der Waals surface area contributed by atoms with E-state index in [1.165, 1.54) is 0 Å². The third-order valence-electron chi connectivity index (χ3n) is 5.68. The molecule has 0 aliphatic heterocycles. The van der Waals surface area contributed by atoms with Crippen molar-refractivity contribution < 1.29 is 18.0 Å². The van der Waals surface area contributed by atoms with Gasteiger partial charge >= 0.3 is 0 Å². The van der Waals surface area contributed by atoms with Crippen LogP contribution in [0.1, 0.15) is 35.3 Å². The Morgan fingerprint density at radius 2 is 1.42 bits per heavy atom. The van der Waals surface area contributed by atoms with Crippen molar-refractivity contribution in [2.45, 2.75) is 24.3 Å². The first-order valence-corrected chi connectivity index (χ1v) is 13.1. The molecule has 2 amide bonds. The van der Waals surface area contributed by atoms with E-state index >= 15 is 0 Å². The Hall–Kier alpha value is -4.01. The van der Waals surface area contributed by atoms with E-state index in [0.29, 0.717) is 40.6 Å². The highest BCUT2D eigenvalue weighted by atomic mass is 32.2. The number of sulfonamides is 1. The number of carbonyl (C=O) groups is 2. The van der Waals surface area contributed by atoms with Crippen LogP contribution in [-0.4, -0.2) is 26.8 Å². The molecule has 4 aromatic carbocycles. The van der Waals surface area contributed by atoms with Crippen molar-refractivity contribution in [3.63, 3.8) is 0 Å². The molecule has 184 valence electrons. The summed E-state index contributed by atoms with van der Waals surface area (Å²) in [6.45, 7) is 2.22. The van der Waals surface area contributed by atoms with Crippen molar-refractivity contribution in [2.75, 3.05) is 11.9 Å². The molecular formula is C28H27N3O4S. The van der Waals surface area contributed by atoms with Gasteiger partial charge in [0, 0.05) is 28.6 Å². The van der Waals surface area contributed by atoms with Gasteiger partial charge in [0.25, 0.3) is 11.8 Å². The zero-order valence-electron chi connectivity index (χ0n) is 19.8. The van der Waals surface area contributed by atoms with E-state index in [-0.39, 0.29) is 10.8 Å². The van der Waals surface area contributed by atoms with Crippen LogP contribution in [0.5, 0.6) is 0 Å². The predicted molar refractivity (Wildman–Crippen MR) is 141 cm³/mol. The summed E-state index contributed by atoms with van der Waals surface area (Å²) in [4.78, 5) is 26.5. The smallest absolute Gasteiger partial charge is 0.252 e. The van der Waals surface area contributed by atoms with Crippen molar-refractivity contribution in [2.24, 2.45) is 0 Å². The lowest BCUT2D eigenvalue weighted by Gasteiger charge is -2.20. The lowest BCUT2D eigenvalue weighted by Crippen LogP contribution is -2.37. The standard InChI is InChI=1S/C28H27N3O4S/c1-2-19-29-36(34,35)25-18-10-15-22-23(25)16-9-17-24(22)30-28(33)26(20-11-5-3-6-12-20)31-27(32)21-13-7-4-8-14-21/h3-18,26,29H,2,19H2,1H3,(H,30,33)(H,31,32). The van der Waals surface area contributed by atoms with Gasteiger partial charge in [-0.2, -0.15) is 0 Å². The number of rotatable bonds is 9. The molecule has 1 atom stereocenters. The van der Waals surface area contributed by atoms with Crippen molar-refractivity contribution in [3.05, 3.63) is 108 Å². The monoisotopic (exact) mass is 501 g/mol. The molecule has 1 unspecified atom stereocenters. The second kappa shape index (κ2) is 11.2. The first-order chi connectivity index (χ1) is 17.4. The molecule has 0 radical (unpaired) electrons. The quantitative estimate of drug-likeness (QED) is 0.311. The van der Waals surface area contributed by atoms with Gasteiger partial charge in [-0.25, -0.2) is 13.1 Å². The highest BCUT2D eigenvalue weighted by molar-refractivity contribution is 7.89. The summed E-state index contributed by atoms with van der Waals surface area (Å²) in [6.07, 6.45) is 0.668. The summed E-state index contributed by atoms with van der Waals surface area (Å²) < 4.78 is 28.3. The van der Waals surface area contributed by atoms with E-state index in [9.17, 15) is 18.0 Å². The maximum Gasteiger partial charge on any atom is 0.252 e. The molecule has 0 fully saturated rings. The lowest BCUT2D eigenvalue weighted by molar-refractivity contribution is -0.118. The Balaban J connectivity index is 1.67. The van der Waals surface area contributed by atoms with Gasteiger partial charge in [0.15, 0.2) is 0 Å². The van der Waals surface area contributed by atoms with E-state index in [0.717, 1.165) is 0 Å². The van der Waals surface area contributed by atoms with Crippen LogP contribution in [0.2, 0.25) is 0 Å². The van der Waals surface area contributed by atoms with Gasteiger partial charge in [-0.3, -0.25) is 9.59 Å². The molecule has 0 spiro atoms. The largest absolute Gasteiger partial charge is 0.336 e. The minimum atomic E-state index is -3.72. The van der Waals surface area contributed by atoms with Gasteiger partial charge in [-0.15, -0.1) is 0 Å². The summed E-state index contributed by atoms with van der Waals surface area (Å²) in [5.74, 6) is -0.830. The zero-order chi connectivity index (χ0) is 25.5. The number of anilines is 1. The van der Waals surface area contributed by atoms with Crippen LogP contribution in [0.15, 0.2) is 102 Å². The molecule has 0 saturated carbocycles. The van der Waals surface area contributed by atoms with E-state index < -0.39 is 22.0 Å². The topological polar surface area (TPSA) is 104 Å². The molecule has 0 aliphatic carbocycles. The van der Waals surface area contributed by atoms with Crippen molar-refractivity contribution >= 4 is 38.3 Å². The molecule has 8 heteroatoms. The van der Waals surface area contributed by atoms with Gasteiger partial charge < -0.3 is 10.6 Å². The van der Waals surface area contributed by atoms with Gasteiger partial charge in [-0.05, 0) is 36.2 Å². The van der Waals surface area contributed by atoms with Crippen LogP contribution in [0.3, 0.4) is 0 Å². The van der Waals surface area contributed by atoms with Crippen molar-refractivity contribution in [1.82, 2.24) is 10.0 Å². The Kier molecular flexibility index (Phi) is 7.77. The number of hydrogen-bond acceptors (Lipinski definition) is 4. The van der Waals surface area contributed by atoms with Crippen LogP contribution in [0.25, 0.3) is 10.8 Å². The first kappa shape index (κ1) is 25.1. The first-order valence-electron chi connectivity index (χ1n) is 11.6. The molecule has 0 heterocycles. The third-order valence-corrected chi connectivity index (χ3v) is 7.20. The highest BCUT2D eigenvalue weighted by Crippen LogP contribution is 2.29. The van der Waals surface area contributed by atoms with Crippen LogP contribution >= 0.6 is 0 Å². The molecule has 0 aliphatic rings. The maximum atomic E-state index is 13.5. The fraction of sp³-hybridized carbons (Fsp3) is 0.143. The summed E-state index contributed by atoms with van der Waals surface area (Å²) in [7, 11) is -3.72. The Labute approximate surface area is 210 Å². The van der Waals surface area contributed by atoms with E-state index in [4.69, 9.17) is 0 Å². The Morgan fingerprint density at radius 3 is 2.11 bits per heavy atom. The Morgan fingerprint density at radius 1 is 0.778 bits per heavy atom. The number of fused-ring (bicyclic) bond motifs is 1. The zero-order valence-corrected chi connectivity index (χ0v) is 20.6. The lowest BCUT2D eigenvalue weighted by atomic mass is 10.0. The molecule has 0 aromatic heterocycles. The van der Waals surface area contributed by atoms with E-state index in [1.807, 2.05) is 19.1 Å². The molecule has 4 rings (SSSR count). The summed E-state index contributed by atoms with van der Waals surface area (Å²) in [6, 6.07) is 26.7. The SMILES string of the molecule is CCCNS(=O)(=O)c1cccc2c(NC(=O)C(NC(=O)c3ccccc3)c3ccccc3)cccc12. The fourth-order valence-corrected chi connectivity index (χ4v) is 5.25. The number of benzene rings is 4. The second-order valence-electron chi connectivity index (χ2n) is 8.23.